The minimum Gasteiger partial charge on any atom is -0.369 e. The average molecular weight is 512 g/mol. The summed E-state index contributed by atoms with van der Waals surface area (Å²) in [5, 5.41) is 4.08. The summed E-state index contributed by atoms with van der Waals surface area (Å²) in [4.78, 5) is 30.5. The second-order valence-electron chi connectivity index (χ2n) is 9.02. The topological polar surface area (TPSA) is 67.8 Å². The van der Waals surface area contributed by atoms with E-state index in [0.717, 1.165) is 25.3 Å². The Bertz CT molecular complexity index is 1230. The minimum absolute atomic E-state index is 0.245. The molecule has 8 nitrogen and oxygen atoms in total. The molecule has 2 aromatic carbocycles. The molecule has 0 saturated carbocycles. The Kier molecular flexibility index (Phi) is 6.44. The Morgan fingerprint density at radius 2 is 1.74 bits per heavy atom. The van der Waals surface area contributed by atoms with Crippen LogP contribution in [-0.4, -0.2) is 67.2 Å². The molecule has 0 radical (unpaired) electrons. The highest BCUT2D eigenvalue weighted by Gasteiger charge is 2.32. The molecule has 0 spiro atoms. The van der Waals surface area contributed by atoms with Crippen molar-refractivity contribution in [1.82, 2.24) is 14.9 Å². The van der Waals surface area contributed by atoms with Crippen molar-refractivity contribution >= 4 is 57.9 Å². The second-order valence-corrected chi connectivity index (χ2v) is 9.84. The van der Waals surface area contributed by atoms with Gasteiger partial charge in [-0.2, -0.15) is 4.98 Å². The molecular weight excluding hydrogens is 485 g/mol. The summed E-state index contributed by atoms with van der Waals surface area (Å²) in [6, 6.07) is 14.0. The van der Waals surface area contributed by atoms with Gasteiger partial charge in [0, 0.05) is 50.3 Å². The average Bonchev–Trinajstić information content (AvgIpc) is 2.84. The highest BCUT2D eigenvalue weighted by atomic mass is 35.5. The quantitative estimate of drug-likeness (QED) is 0.543. The molecule has 35 heavy (non-hydrogen) atoms. The van der Waals surface area contributed by atoms with Gasteiger partial charge in [-0.3, -0.25) is 9.69 Å². The van der Waals surface area contributed by atoms with Crippen molar-refractivity contribution < 1.29 is 4.79 Å². The highest BCUT2D eigenvalue weighted by Crippen LogP contribution is 2.37. The lowest BCUT2D eigenvalue weighted by atomic mass is 10.1. The van der Waals surface area contributed by atoms with E-state index in [9.17, 15) is 4.79 Å². The summed E-state index contributed by atoms with van der Waals surface area (Å²) < 4.78 is 0. The molecule has 1 unspecified atom stereocenters. The number of rotatable bonds is 4. The van der Waals surface area contributed by atoms with Gasteiger partial charge < -0.3 is 20.0 Å². The number of benzene rings is 2. The van der Waals surface area contributed by atoms with Crippen molar-refractivity contribution in [1.29, 1.82) is 0 Å². The number of piperazine rings is 1. The Morgan fingerprint density at radius 3 is 2.43 bits per heavy atom. The number of halogens is 2. The maximum atomic E-state index is 13.2. The number of fused-ring (bicyclic) bond motifs is 1. The number of hydrogen-bond acceptors (Lipinski definition) is 7. The summed E-state index contributed by atoms with van der Waals surface area (Å²) >= 11 is 12.7. The molecule has 2 aliphatic rings. The maximum absolute atomic E-state index is 13.2. The maximum Gasteiger partial charge on any atom is 0.265 e. The number of carbonyl (C=O) groups is 1. The van der Waals surface area contributed by atoms with Crippen LogP contribution in [-0.2, 0) is 0 Å². The van der Waals surface area contributed by atoms with Crippen molar-refractivity contribution in [2.45, 2.75) is 13.0 Å². The number of aromatic nitrogens is 2. The monoisotopic (exact) mass is 511 g/mol. The molecule has 10 heteroatoms. The van der Waals surface area contributed by atoms with E-state index in [-0.39, 0.29) is 12.6 Å². The summed E-state index contributed by atoms with van der Waals surface area (Å²) in [5.74, 6) is 0.731. The second kappa shape index (κ2) is 9.53. The van der Waals surface area contributed by atoms with Crippen molar-refractivity contribution in [2.24, 2.45) is 0 Å². The molecule has 3 aromatic rings. The molecule has 1 amide bonds. The smallest absolute Gasteiger partial charge is 0.265 e. The Morgan fingerprint density at radius 1 is 1.03 bits per heavy atom. The van der Waals surface area contributed by atoms with Crippen LogP contribution in [0.3, 0.4) is 0 Å². The largest absolute Gasteiger partial charge is 0.369 e. The zero-order valence-electron chi connectivity index (χ0n) is 19.9. The number of likely N-dealkylation sites (N-methyl/N-ethyl adjacent to an activating group) is 1. The third-order valence-electron chi connectivity index (χ3n) is 6.62. The van der Waals surface area contributed by atoms with Crippen LogP contribution in [0.15, 0.2) is 48.7 Å². The normalized spacial score (nSPS) is 18.6. The van der Waals surface area contributed by atoms with Crippen LogP contribution >= 0.6 is 23.2 Å². The van der Waals surface area contributed by atoms with E-state index in [2.05, 4.69) is 51.2 Å². The van der Waals surface area contributed by atoms with Crippen LogP contribution in [0.25, 0.3) is 0 Å². The van der Waals surface area contributed by atoms with E-state index in [1.54, 1.807) is 29.3 Å². The highest BCUT2D eigenvalue weighted by molar-refractivity contribution is 6.40. The van der Waals surface area contributed by atoms with Crippen LogP contribution < -0.4 is 20.0 Å². The number of nitrogens with one attached hydrogen (secondary N) is 1. The van der Waals surface area contributed by atoms with E-state index >= 15 is 0 Å². The molecule has 1 fully saturated rings. The van der Waals surface area contributed by atoms with Gasteiger partial charge in [0.05, 0.1) is 22.4 Å². The number of carbonyl (C=O) groups excluding carboxylic acids is 1. The van der Waals surface area contributed by atoms with Crippen LogP contribution in [0, 0.1) is 0 Å². The zero-order valence-corrected chi connectivity index (χ0v) is 21.4. The number of amides is 1. The van der Waals surface area contributed by atoms with Crippen LogP contribution in [0.5, 0.6) is 0 Å². The van der Waals surface area contributed by atoms with E-state index in [4.69, 9.17) is 23.2 Å². The van der Waals surface area contributed by atoms with E-state index in [0.29, 0.717) is 39.1 Å². The lowest BCUT2D eigenvalue weighted by Gasteiger charge is -2.39. The molecule has 1 N–H and O–H groups in total. The minimum atomic E-state index is -0.245. The van der Waals surface area contributed by atoms with Crippen LogP contribution in [0.2, 0.25) is 10.0 Å². The van der Waals surface area contributed by atoms with Gasteiger partial charge in [0.25, 0.3) is 5.91 Å². The molecule has 1 saturated heterocycles. The molecular formula is C25H27Cl2N7O. The first-order valence-corrected chi connectivity index (χ1v) is 12.2. The Hall–Kier alpha value is -3.07. The van der Waals surface area contributed by atoms with Gasteiger partial charge in [0.15, 0.2) is 0 Å². The zero-order chi connectivity index (χ0) is 24.7. The lowest BCUT2D eigenvalue weighted by Crippen LogP contribution is -2.50. The summed E-state index contributed by atoms with van der Waals surface area (Å²) in [7, 11) is 4.04. The first-order chi connectivity index (χ1) is 16.8. The number of para-hydroxylation sites is 1. The number of hydrogen-bond donors (Lipinski definition) is 1. The van der Waals surface area contributed by atoms with Crippen LogP contribution in [0.1, 0.15) is 17.3 Å². The number of nitrogens with zero attached hydrogens (tertiary/aromatic N) is 6. The molecule has 0 bridgehead atoms. The molecule has 0 aliphatic carbocycles. The van der Waals surface area contributed by atoms with Gasteiger partial charge in [-0.15, -0.1) is 0 Å². The molecule has 3 heterocycles. The van der Waals surface area contributed by atoms with Gasteiger partial charge in [0.1, 0.15) is 11.4 Å². The predicted octanol–water partition coefficient (Wildman–Crippen LogP) is 4.72. The standard InChI is InChI=1S/C25H27Cl2N7O/c1-16-14-33(12-11-31(16)2)18-9-7-17(8-10-18)29-25-28-13-19-23(30-25)32(3)15-34(24(19)35)22-20(26)5-4-6-21(22)27/h4-10,13,16H,11-12,14-15H2,1-3H3,(H,28,29,30). The molecule has 5 rings (SSSR count). The molecule has 182 valence electrons. The molecule has 1 atom stereocenters. The first kappa shape index (κ1) is 23.7. The lowest BCUT2D eigenvalue weighted by molar-refractivity contribution is 0.0982. The fourth-order valence-electron chi connectivity index (χ4n) is 4.45. The van der Waals surface area contributed by atoms with Crippen molar-refractivity contribution in [2.75, 3.05) is 60.4 Å². The van der Waals surface area contributed by atoms with Crippen molar-refractivity contribution in [3.05, 3.63) is 64.3 Å². The predicted molar refractivity (Wildman–Crippen MR) is 143 cm³/mol. The van der Waals surface area contributed by atoms with Crippen molar-refractivity contribution in [3.63, 3.8) is 0 Å². The Labute approximate surface area is 215 Å². The third kappa shape index (κ3) is 4.61. The van der Waals surface area contributed by atoms with Gasteiger partial charge in [-0.05, 0) is 50.4 Å². The van der Waals surface area contributed by atoms with Crippen LogP contribution in [0.4, 0.5) is 28.8 Å². The van der Waals surface area contributed by atoms with E-state index in [1.807, 2.05) is 24.1 Å². The number of anilines is 5. The molecule has 2 aliphatic heterocycles. The first-order valence-electron chi connectivity index (χ1n) is 11.5. The van der Waals surface area contributed by atoms with Gasteiger partial charge >= 0.3 is 0 Å². The molecule has 1 aromatic heterocycles. The third-order valence-corrected chi connectivity index (χ3v) is 7.23. The summed E-state index contributed by atoms with van der Waals surface area (Å²) in [6.07, 6.45) is 1.54. The summed E-state index contributed by atoms with van der Waals surface area (Å²) in [5.41, 5.74) is 2.95. The summed E-state index contributed by atoms with van der Waals surface area (Å²) in [6.45, 7) is 5.59. The Balaban J connectivity index is 1.33. The SMILES string of the molecule is CC1CN(c2ccc(Nc3ncc4c(n3)N(C)CN(c3c(Cl)cccc3Cl)C4=O)cc2)CCN1C. The van der Waals surface area contributed by atoms with E-state index in [1.165, 1.54) is 5.69 Å². The van der Waals surface area contributed by atoms with Gasteiger partial charge in [-0.1, -0.05) is 29.3 Å². The van der Waals surface area contributed by atoms with Gasteiger partial charge in [-0.25, -0.2) is 4.98 Å². The van der Waals surface area contributed by atoms with Crippen molar-refractivity contribution in [3.8, 4) is 0 Å². The fraction of sp³-hybridized carbons (Fsp3) is 0.320. The fourth-order valence-corrected chi connectivity index (χ4v) is 5.05. The van der Waals surface area contributed by atoms with E-state index < -0.39 is 0 Å². The van der Waals surface area contributed by atoms with Gasteiger partial charge in [0.2, 0.25) is 5.95 Å².